The van der Waals surface area contributed by atoms with Crippen LogP contribution in [0.5, 0.6) is 0 Å². The van der Waals surface area contributed by atoms with Crippen LogP contribution >= 0.6 is 0 Å². The van der Waals surface area contributed by atoms with Crippen molar-refractivity contribution in [2.24, 2.45) is 7.05 Å². The lowest BCUT2D eigenvalue weighted by Gasteiger charge is -2.11. The van der Waals surface area contributed by atoms with Crippen molar-refractivity contribution in [3.05, 3.63) is 34.8 Å². The lowest BCUT2D eigenvalue weighted by molar-refractivity contribution is -0.137. The highest BCUT2D eigenvalue weighted by Gasteiger charge is 2.29. The number of hydrogen-bond acceptors (Lipinski definition) is 6. The van der Waals surface area contributed by atoms with Gasteiger partial charge < -0.3 is 19.5 Å². The summed E-state index contributed by atoms with van der Waals surface area (Å²) < 4.78 is 10.6. The SMILES string of the molecule is COC(=O)/C(C(=C=[N-])C#N)=C(\C(=O)OC)c1nccn1C. The number of aryl methyl sites for hydroxylation is 1. The van der Waals surface area contributed by atoms with Crippen LogP contribution in [0, 0.1) is 11.3 Å². The molecule has 0 saturated carbocycles. The number of rotatable bonds is 4. The van der Waals surface area contributed by atoms with Gasteiger partial charge in [0.05, 0.1) is 19.8 Å². The first-order chi connectivity index (χ1) is 10.0. The van der Waals surface area contributed by atoms with Crippen LogP contribution in [0.1, 0.15) is 5.82 Å². The topological polar surface area (TPSA) is 117 Å². The highest BCUT2D eigenvalue weighted by molar-refractivity contribution is 6.24. The third kappa shape index (κ3) is 3.05. The first-order valence-electron chi connectivity index (χ1n) is 5.57. The van der Waals surface area contributed by atoms with Gasteiger partial charge in [0.25, 0.3) is 0 Å². The Bertz CT molecular complexity index is 702. The Hall–Kier alpha value is -3.17. The van der Waals surface area contributed by atoms with Crippen molar-refractivity contribution >= 4 is 23.4 Å². The molecule has 8 nitrogen and oxygen atoms in total. The van der Waals surface area contributed by atoms with Gasteiger partial charge in [0, 0.05) is 19.4 Å². The second-order valence-electron chi connectivity index (χ2n) is 3.69. The van der Waals surface area contributed by atoms with Crippen LogP contribution in [-0.2, 0) is 26.1 Å². The van der Waals surface area contributed by atoms with Gasteiger partial charge >= 0.3 is 11.9 Å². The lowest BCUT2D eigenvalue weighted by atomic mass is 10.0. The molecule has 0 aliphatic carbocycles. The summed E-state index contributed by atoms with van der Waals surface area (Å²) in [6.45, 7) is 0. The summed E-state index contributed by atoms with van der Waals surface area (Å²) in [5, 5.41) is 18.0. The second-order valence-corrected chi connectivity index (χ2v) is 3.69. The van der Waals surface area contributed by atoms with Gasteiger partial charge in [-0.2, -0.15) is 5.26 Å². The number of hydrogen-bond donors (Lipinski definition) is 0. The number of ether oxygens (including phenoxy) is 2. The number of nitriles is 1. The second kappa shape index (κ2) is 6.84. The Labute approximate surface area is 120 Å². The minimum absolute atomic E-state index is 0.0743. The predicted molar refractivity (Wildman–Crippen MR) is 71.7 cm³/mol. The smallest absolute Gasteiger partial charge is 0.342 e. The first-order valence-corrected chi connectivity index (χ1v) is 5.57. The molecular weight excluding hydrogens is 276 g/mol. The molecule has 0 atom stereocenters. The molecule has 0 N–H and O–H groups in total. The van der Waals surface area contributed by atoms with E-state index < -0.39 is 23.1 Å². The maximum absolute atomic E-state index is 12.0. The van der Waals surface area contributed by atoms with Gasteiger partial charge in [-0.3, -0.25) is 0 Å². The summed E-state index contributed by atoms with van der Waals surface area (Å²) in [5.41, 5.74) is -1.36. The van der Waals surface area contributed by atoms with Crippen molar-refractivity contribution in [2.45, 2.75) is 0 Å². The van der Waals surface area contributed by atoms with E-state index in [9.17, 15) is 9.59 Å². The van der Waals surface area contributed by atoms with Gasteiger partial charge in [0.1, 0.15) is 23.0 Å². The van der Waals surface area contributed by atoms with E-state index in [-0.39, 0.29) is 11.4 Å². The average molecular weight is 287 g/mol. The molecule has 0 spiro atoms. The number of methoxy groups -OCH3 is 2. The van der Waals surface area contributed by atoms with Crippen molar-refractivity contribution in [1.82, 2.24) is 9.55 Å². The van der Waals surface area contributed by atoms with Gasteiger partial charge in [-0.25, -0.2) is 20.4 Å². The minimum Gasteiger partial charge on any atom is -0.762 e. The molecule has 21 heavy (non-hydrogen) atoms. The number of carbonyl (C=O) groups excluding carboxylic acids is 2. The van der Waals surface area contributed by atoms with Crippen LogP contribution in [0.4, 0.5) is 0 Å². The van der Waals surface area contributed by atoms with Crippen LogP contribution in [0.25, 0.3) is 11.0 Å². The molecule has 1 aromatic rings. The van der Waals surface area contributed by atoms with Gasteiger partial charge in [0.2, 0.25) is 0 Å². The molecule has 0 unspecified atom stereocenters. The molecule has 1 heterocycles. The molecule has 0 aliphatic heterocycles. The predicted octanol–water partition coefficient (Wildman–Crippen LogP) is 0.209. The summed E-state index contributed by atoms with van der Waals surface area (Å²) >= 11 is 0. The summed E-state index contributed by atoms with van der Waals surface area (Å²) in [4.78, 5) is 27.8. The Balaban J connectivity index is 3.82. The monoisotopic (exact) mass is 287 g/mol. The fraction of sp³-hybridized carbons (Fsp3) is 0.231. The highest BCUT2D eigenvalue weighted by atomic mass is 16.5. The summed E-state index contributed by atoms with van der Waals surface area (Å²) in [7, 11) is 3.76. The van der Waals surface area contributed by atoms with Gasteiger partial charge in [-0.15, -0.1) is 0 Å². The van der Waals surface area contributed by atoms with E-state index in [2.05, 4.69) is 14.5 Å². The van der Waals surface area contributed by atoms with Crippen molar-refractivity contribution < 1.29 is 19.1 Å². The number of imidazole rings is 1. The minimum atomic E-state index is -1.00. The van der Waals surface area contributed by atoms with E-state index in [1.807, 2.05) is 0 Å². The van der Waals surface area contributed by atoms with Gasteiger partial charge in [0.15, 0.2) is 0 Å². The van der Waals surface area contributed by atoms with Crippen LogP contribution < -0.4 is 0 Å². The summed E-state index contributed by atoms with van der Waals surface area (Å²) in [6, 6.07) is 1.56. The normalized spacial score (nSPS) is 10.8. The Kier molecular flexibility index (Phi) is 5.17. The maximum atomic E-state index is 12.0. The van der Waals surface area contributed by atoms with Crippen LogP contribution in [0.15, 0.2) is 23.5 Å². The van der Waals surface area contributed by atoms with Crippen molar-refractivity contribution in [2.75, 3.05) is 14.2 Å². The van der Waals surface area contributed by atoms with E-state index in [1.165, 1.54) is 17.0 Å². The number of nitrogens with zero attached hydrogens (tertiary/aromatic N) is 4. The number of aromatic nitrogens is 2. The third-order valence-corrected chi connectivity index (χ3v) is 2.55. The largest absolute Gasteiger partial charge is 0.762 e. The molecule has 8 heteroatoms. The average Bonchev–Trinajstić information content (AvgIpc) is 2.92. The van der Waals surface area contributed by atoms with Crippen molar-refractivity contribution in [1.29, 1.82) is 5.26 Å². The molecule has 0 bridgehead atoms. The first kappa shape index (κ1) is 15.9. The molecule has 0 fully saturated rings. The number of carbonyl (C=O) groups is 2. The fourth-order valence-electron chi connectivity index (χ4n) is 1.58. The molecule has 108 valence electrons. The molecule has 0 saturated heterocycles. The quantitative estimate of drug-likeness (QED) is 0.257. The van der Waals surface area contributed by atoms with Crippen LogP contribution in [0.3, 0.4) is 0 Å². The molecule has 0 aliphatic rings. The van der Waals surface area contributed by atoms with Gasteiger partial charge in [-0.05, 0) is 0 Å². The van der Waals surface area contributed by atoms with Crippen molar-refractivity contribution in [3.8, 4) is 6.07 Å². The zero-order valence-electron chi connectivity index (χ0n) is 11.6. The van der Waals surface area contributed by atoms with Crippen LogP contribution in [-0.4, -0.2) is 41.6 Å². The molecule has 0 radical (unpaired) electrons. The van der Waals surface area contributed by atoms with E-state index in [0.717, 1.165) is 14.2 Å². The van der Waals surface area contributed by atoms with Crippen molar-refractivity contribution in [3.63, 3.8) is 0 Å². The zero-order chi connectivity index (χ0) is 16.0. The standard InChI is InChI=1S/C13H11N4O4/c1-17-5-4-16-11(17)10(13(19)21-3)9(12(18)20-2)8(6-14)7-15/h4-5H,1-3H3/q-1/b10-9-. The van der Waals surface area contributed by atoms with E-state index >= 15 is 0 Å². The fourth-order valence-corrected chi connectivity index (χ4v) is 1.58. The number of esters is 2. The Morgan fingerprint density at radius 1 is 1.33 bits per heavy atom. The Morgan fingerprint density at radius 2 is 1.95 bits per heavy atom. The van der Waals surface area contributed by atoms with E-state index in [4.69, 9.17) is 10.7 Å². The maximum Gasteiger partial charge on any atom is 0.342 e. The van der Waals surface area contributed by atoms with Crippen LogP contribution in [0.2, 0.25) is 0 Å². The lowest BCUT2D eigenvalue weighted by Crippen LogP contribution is -2.17. The van der Waals surface area contributed by atoms with Gasteiger partial charge in [-0.1, -0.05) is 0 Å². The van der Waals surface area contributed by atoms with E-state index in [0.29, 0.717) is 0 Å². The summed E-state index contributed by atoms with van der Waals surface area (Å²) in [5.74, 6) is -0.279. The molecule has 0 aromatic carbocycles. The molecular formula is C13H11N4O4-. The molecule has 0 amide bonds. The third-order valence-electron chi connectivity index (χ3n) is 2.55. The highest BCUT2D eigenvalue weighted by Crippen LogP contribution is 2.24. The zero-order valence-corrected chi connectivity index (χ0v) is 11.6. The Morgan fingerprint density at radius 3 is 2.33 bits per heavy atom. The molecule has 1 aromatic heterocycles. The van der Waals surface area contributed by atoms with E-state index in [1.54, 1.807) is 19.0 Å². The molecule has 1 rings (SSSR count). The summed E-state index contributed by atoms with van der Waals surface area (Å²) in [6.07, 6.45) is 2.93.